The van der Waals surface area contributed by atoms with Gasteiger partial charge in [0.1, 0.15) is 5.75 Å². The molecule has 0 saturated carbocycles. The van der Waals surface area contributed by atoms with E-state index in [0.29, 0.717) is 0 Å². The number of ether oxygens (including phenoxy) is 1. The van der Waals surface area contributed by atoms with E-state index in [2.05, 4.69) is 11.0 Å². The first-order valence-corrected chi connectivity index (χ1v) is 10.0. The second kappa shape index (κ2) is 7.67. The molecule has 27 heavy (non-hydrogen) atoms. The zero-order chi connectivity index (χ0) is 18.9. The number of benzene rings is 2. The van der Waals surface area contributed by atoms with Crippen LogP contribution in [-0.4, -0.2) is 36.8 Å². The standard InChI is InChI=1S/C23H26ClNO2/c1-27-21-11-10-20(24)22-17(6-5-9-19(21)22)16-25-14-12-23(26,13-15-25)18-7-3-2-4-8-18/h2-4,6-8,10-11,26H,5,9,12-16H2,1H3. The fourth-order valence-corrected chi connectivity index (χ4v) is 4.68. The predicted molar refractivity (Wildman–Crippen MR) is 110 cm³/mol. The lowest BCUT2D eigenvalue weighted by Gasteiger charge is -2.39. The molecule has 0 aromatic heterocycles. The van der Waals surface area contributed by atoms with Gasteiger partial charge in [0, 0.05) is 35.8 Å². The van der Waals surface area contributed by atoms with Gasteiger partial charge in [0.05, 0.1) is 12.7 Å². The molecule has 0 spiro atoms. The zero-order valence-electron chi connectivity index (χ0n) is 15.7. The van der Waals surface area contributed by atoms with E-state index >= 15 is 0 Å². The summed E-state index contributed by atoms with van der Waals surface area (Å²) in [5, 5.41) is 11.9. The lowest BCUT2D eigenvalue weighted by molar-refractivity contribution is -0.0229. The first-order chi connectivity index (χ1) is 13.1. The van der Waals surface area contributed by atoms with E-state index in [0.717, 1.165) is 67.2 Å². The van der Waals surface area contributed by atoms with E-state index in [-0.39, 0.29) is 0 Å². The normalized spacial score (nSPS) is 19.3. The highest BCUT2D eigenvalue weighted by atomic mass is 35.5. The van der Waals surface area contributed by atoms with Crippen molar-refractivity contribution in [2.24, 2.45) is 0 Å². The van der Waals surface area contributed by atoms with Crippen LogP contribution in [0.3, 0.4) is 0 Å². The molecule has 2 aliphatic rings. The lowest BCUT2D eigenvalue weighted by Crippen LogP contribution is -2.43. The third-order valence-electron chi connectivity index (χ3n) is 5.93. The molecule has 1 fully saturated rings. The fourth-order valence-electron chi connectivity index (χ4n) is 4.38. The van der Waals surface area contributed by atoms with Gasteiger partial charge in [-0.2, -0.15) is 0 Å². The summed E-state index contributed by atoms with van der Waals surface area (Å²) in [4.78, 5) is 2.42. The van der Waals surface area contributed by atoms with Crippen LogP contribution in [0, 0.1) is 0 Å². The highest BCUT2D eigenvalue weighted by molar-refractivity contribution is 6.32. The van der Waals surface area contributed by atoms with Gasteiger partial charge in [0.2, 0.25) is 0 Å². The Morgan fingerprint density at radius 3 is 2.56 bits per heavy atom. The SMILES string of the molecule is COc1ccc(Cl)c2c1CCC=C2CN1CCC(O)(c2ccccc2)CC1. The van der Waals surface area contributed by atoms with Crippen LogP contribution in [0.2, 0.25) is 5.02 Å². The average molecular weight is 384 g/mol. The topological polar surface area (TPSA) is 32.7 Å². The number of rotatable bonds is 4. The molecule has 4 heteroatoms. The summed E-state index contributed by atoms with van der Waals surface area (Å²) in [7, 11) is 1.72. The summed E-state index contributed by atoms with van der Waals surface area (Å²) in [6.45, 7) is 2.62. The predicted octanol–water partition coefficient (Wildman–Crippen LogP) is 4.66. The molecule has 0 amide bonds. The smallest absolute Gasteiger partial charge is 0.122 e. The van der Waals surface area contributed by atoms with Crippen LogP contribution in [0.4, 0.5) is 0 Å². The van der Waals surface area contributed by atoms with Crippen LogP contribution in [-0.2, 0) is 12.0 Å². The largest absolute Gasteiger partial charge is 0.496 e. The number of hydrogen-bond acceptors (Lipinski definition) is 3. The highest BCUT2D eigenvalue weighted by Crippen LogP contribution is 2.39. The van der Waals surface area contributed by atoms with E-state index in [9.17, 15) is 5.11 Å². The summed E-state index contributed by atoms with van der Waals surface area (Å²) < 4.78 is 5.55. The molecule has 142 valence electrons. The minimum atomic E-state index is -0.711. The zero-order valence-corrected chi connectivity index (χ0v) is 16.5. The number of likely N-dealkylation sites (tertiary alicyclic amines) is 1. The second-order valence-electron chi connectivity index (χ2n) is 7.54. The molecule has 3 nitrogen and oxygen atoms in total. The molecule has 0 unspecified atom stereocenters. The number of piperidine rings is 1. The van der Waals surface area contributed by atoms with Crippen LogP contribution in [0.15, 0.2) is 48.5 Å². The average Bonchev–Trinajstić information content (AvgIpc) is 2.71. The van der Waals surface area contributed by atoms with Crippen molar-refractivity contribution in [3.8, 4) is 5.75 Å². The molecule has 0 radical (unpaired) electrons. The van der Waals surface area contributed by atoms with Gasteiger partial charge in [-0.15, -0.1) is 0 Å². The van der Waals surface area contributed by atoms with E-state index < -0.39 is 5.60 Å². The number of methoxy groups -OCH3 is 1. The van der Waals surface area contributed by atoms with Gasteiger partial charge in [-0.25, -0.2) is 0 Å². The van der Waals surface area contributed by atoms with Gasteiger partial charge >= 0.3 is 0 Å². The van der Waals surface area contributed by atoms with Crippen molar-refractivity contribution in [1.82, 2.24) is 4.90 Å². The number of halogens is 1. The van der Waals surface area contributed by atoms with E-state index in [1.807, 2.05) is 42.5 Å². The molecule has 2 aromatic carbocycles. The van der Waals surface area contributed by atoms with E-state index in [1.54, 1.807) is 7.11 Å². The monoisotopic (exact) mass is 383 g/mol. The van der Waals surface area contributed by atoms with Crippen LogP contribution in [0.5, 0.6) is 5.75 Å². The molecule has 1 saturated heterocycles. The minimum Gasteiger partial charge on any atom is -0.496 e. The maximum Gasteiger partial charge on any atom is 0.122 e. The molecular weight excluding hydrogens is 358 g/mol. The van der Waals surface area contributed by atoms with Crippen LogP contribution in [0.1, 0.15) is 36.0 Å². The maximum absolute atomic E-state index is 11.1. The molecule has 1 N–H and O–H groups in total. The van der Waals surface area contributed by atoms with Crippen molar-refractivity contribution in [2.75, 3.05) is 26.7 Å². The number of allylic oxidation sites excluding steroid dienone is 1. The van der Waals surface area contributed by atoms with E-state index in [1.165, 1.54) is 11.1 Å². The van der Waals surface area contributed by atoms with Gasteiger partial charge in [-0.1, -0.05) is 48.0 Å². The first-order valence-electron chi connectivity index (χ1n) is 9.66. The third kappa shape index (κ3) is 3.64. The summed E-state index contributed by atoms with van der Waals surface area (Å²) >= 11 is 6.55. The Bertz CT molecular complexity index is 839. The molecular formula is C23H26ClNO2. The Labute approximate surface area is 166 Å². The molecule has 0 bridgehead atoms. The maximum atomic E-state index is 11.1. The van der Waals surface area contributed by atoms with Crippen molar-refractivity contribution in [1.29, 1.82) is 0 Å². The number of nitrogens with zero attached hydrogens (tertiary/aromatic N) is 1. The molecule has 1 aliphatic heterocycles. The van der Waals surface area contributed by atoms with Gasteiger partial charge < -0.3 is 9.84 Å². The quantitative estimate of drug-likeness (QED) is 0.833. The summed E-state index contributed by atoms with van der Waals surface area (Å²) in [5.74, 6) is 0.928. The molecule has 0 atom stereocenters. The molecule has 1 heterocycles. The Hall–Kier alpha value is -1.81. The number of hydrogen-bond donors (Lipinski definition) is 1. The van der Waals surface area contributed by atoms with Gasteiger partial charge in [0.15, 0.2) is 0 Å². The third-order valence-corrected chi connectivity index (χ3v) is 6.25. The Balaban J connectivity index is 1.49. The second-order valence-corrected chi connectivity index (χ2v) is 7.95. The molecule has 4 rings (SSSR count). The van der Waals surface area contributed by atoms with Crippen molar-refractivity contribution >= 4 is 17.2 Å². The van der Waals surface area contributed by atoms with Crippen molar-refractivity contribution < 1.29 is 9.84 Å². The highest BCUT2D eigenvalue weighted by Gasteiger charge is 2.34. The molecule has 2 aromatic rings. The van der Waals surface area contributed by atoms with Crippen molar-refractivity contribution in [3.63, 3.8) is 0 Å². The van der Waals surface area contributed by atoms with Gasteiger partial charge in [0.25, 0.3) is 0 Å². The Kier molecular flexibility index (Phi) is 5.27. The van der Waals surface area contributed by atoms with Crippen LogP contribution < -0.4 is 4.74 Å². The Morgan fingerprint density at radius 1 is 1.11 bits per heavy atom. The fraction of sp³-hybridized carbons (Fsp3) is 0.391. The van der Waals surface area contributed by atoms with Crippen molar-refractivity contribution in [2.45, 2.75) is 31.3 Å². The summed E-state index contributed by atoms with van der Waals surface area (Å²) in [6.07, 6.45) is 5.80. The van der Waals surface area contributed by atoms with Gasteiger partial charge in [-0.3, -0.25) is 4.90 Å². The Morgan fingerprint density at radius 2 is 1.85 bits per heavy atom. The van der Waals surface area contributed by atoms with Gasteiger partial charge in [-0.05, 0) is 49.0 Å². The number of fused-ring (bicyclic) bond motifs is 1. The number of aliphatic hydroxyl groups is 1. The van der Waals surface area contributed by atoms with Crippen LogP contribution in [0.25, 0.3) is 5.57 Å². The van der Waals surface area contributed by atoms with Crippen molar-refractivity contribution in [3.05, 3.63) is 70.3 Å². The first kappa shape index (κ1) is 18.5. The van der Waals surface area contributed by atoms with Crippen LogP contribution >= 0.6 is 11.6 Å². The van der Waals surface area contributed by atoms with E-state index in [4.69, 9.17) is 16.3 Å². The lowest BCUT2D eigenvalue weighted by atomic mass is 9.84. The molecule has 1 aliphatic carbocycles. The summed E-state index contributed by atoms with van der Waals surface area (Å²) in [6, 6.07) is 13.9. The summed E-state index contributed by atoms with van der Waals surface area (Å²) in [5.41, 5.74) is 3.97. The minimum absolute atomic E-state index is 0.711.